The van der Waals surface area contributed by atoms with Gasteiger partial charge in [0.1, 0.15) is 12.7 Å². The predicted octanol–water partition coefficient (Wildman–Crippen LogP) is 2.59. The molecule has 4 heteroatoms. The molecule has 2 unspecified atom stereocenters. The van der Waals surface area contributed by atoms with Crippen LogP contribution >= 0.6 is 0 Å². The molecule has 1 aromatic rings. The fourth-order valence-electron chi connectivity index (χ4n) is 1.93. The Morgan fingerprint density at radius 1 is 1.26 bits per heavy atom. The van der Waals surface area contributed by atoms with Crippen molar-refractivity contribution in [3.05, 3.63) is 30.1 Å². The first-order chi connectivity index (χ1) is 8.99. The van der Waals surface area contributed by atoms with Gasteiger partial charge in [0.2, 0.25) is 0 Å². The number of benzene rings is 1. The molecule has 2 atom stereocenters. The Balaban J connectivity index is 2.25. The molecule has 1 rings (SSSR count). The van der Waals surface area contributed by atoms with Crippen LogP contribution in [-0.4, -0.2) is 30.4 Å². The first-order valence-electron chi connectivity index (χ1n) is 6.77. The van der Waals surface area contributed by atoms with E-state index in [2.05, 4.69) is 26.1 Å². The number of nitrogens with one attached hydrogen (secondary N) is 1. The van der Waals surface area contributed by atoms with Crippen LogP contribution in [0.2, 0.25) is 0 Å². The standard InChI is InChI=1S/C15H24FNO2/c1-11(2)8-12(3)17-9-13(18)10-19-15-7-5-4-6-14(15)16/h4-7,11-13,17-18H,8-10H2,1-3H3. The zero-order chi connectivity index (χ0) is 14.3. The molecule has 0 aliphatic rings. The minimum absolute atomic E-state index is 0.0856. The molecule has 0 amide bonds. The first kappa shape index (κ1) is 15.9. The van der Waals surface area contributed by atoms with E-state index in [0.717, 1.165) is 6.42 Å². The van der Waals surface area contributed by atoms with E-state index in [1.807, 2.05) is 0 Å². The van der Waals surface area contributed by atoms with Crippen molar-refractivity contribution in [3.8, 4) is 5.75 Å². The SMILES string of the molecule is CC(C)CC(C)NCC(O)COc1ccccc1F. The second-order valence-electron chi connectivity index (χ2n) is 5.33. The summed E-state index contributed by atoms with van der Waals surface area (Å²) in [5.74, 6) is 0.391. The highest BCUT2D eigenvalue weighted by Crippen LogP contribution is 2.15. The van der Waals surface area contributed by atoms with Crippen LogP contribution < -0.4 is 10.1 Å². The summed E-state index contributed by atoms with van der Waals surface area (Å²) in [5, 5.41) is 13.0. The summed E-state index contributed by atoms with van der Waals surface area (Å²) in [6, 6.07) is 6.55. The van der Waals surface area contributed by atoms with Crippen LogP contribution in [0.4, 0.5) is 4.39 Å². The number of aliphatic hydroxyl groups excluding tert-OH is 1. The van der Waals surface area contributed by atoms with Gasteiger partial charge in [0.25, 0.3) is 0 Å². The van der Waals surface area contributed by atoms with Crippen LogP contribution in [0, 0.1) is 11.7 Å². The largest absolute Gasteiger partial charge is 0.488 e. The van der Waals surface area contributed by atoms with Crippen molar-refractivity contribution >= 4 is 0 Å². The molecule has 0 heterocycles. The van der Waals surface area contributed by atoms with Gasteiger partial charge in [-0.15, -0.1) is 0 Å². The minimum atomic E-state index is -0.644. The Morgan fingerprint density at radius 2 is 1.95 bits per heavy atom. The number of ether oxygens (including phenoxy) is 1. The zero-order valence-corrected chi connectivity index (χ0v) is 11.9. The Bertz CT molecular complexity index is 371. The van der Waals surface area contributed by atoms with Gasteiger partial charge >= 0.3 is 0 Å². The van der Waals surface area contributed by atoms with Crippen LogP contribution in [0.3, 0.4) is 0 Å². The van der Waals surface area contributed by atoms with Crippen molar-refractivity contribution < 1.29 is 14.2 Å². The Hall–Kier alpha value is -1.13. The molecule has 0 radical (unpaired) electrons. The van der Waals surface area contributed by atoms with Crippen molar-refractivity contribution in [2.75, 3.05) is 13.2 Å². The number of hydrogen-bond donors (Lipinski definition) is 2. The van der Waals surface area contributed by atoms with Gasteiger partial charge in [0.15, 0.2) is 11.6 Å². The Labute approximate surface area is 114 Å². The highest BCUT2D eigenvalue weighted by atomic mass is 19.1. The van der Waals surface area contributed by atoms with Crippen LogP contribution in [0.15, 0.2) is 24.3 Å². The Morgan fingerprint density at radius 3 is 2.58 bits per heavy atom. The number of para-hydroxylation sites is 1. The monoisotopic (exact) mass is 269 g/mol. The first-order valence-corrected chi connectivity index (χ1v) is 6.77. The van der Waals surface area contributed by atoms with Crippen LogP contribution in [-0.2, 0) is 0 Å². The smallest absolute Gasteiger partial charge is 0.165 e. The molecule has 0 aliphatic carbocycles. The van der Waals surface area contributed by atoms with Gasteiger partial charge in [-0.25, -0.2) is 4.39 Å². The van der Waals surface area contributed by atoms with Gasteiger partial charge in [-0.3, -0.25) is 0 Å². The average molecular weight is 269 g/mol. The van der Waals surface area contributed by atoms with Crippen molar-refractivity contribution in [2.45, 2.75) is 39.3 Å². The van der Waals surface area contributed by atoms with Crippen molar-refractivity contribution in [3.63, 3.8) is 0 Å². The van der Waals surface area contributed by atoms with Crippen LogP contribution in [0.5, 0.6) is 5.75 Å². The van der Waals surface area contributed by atoms with Gasteiger partial charge in [0.05, 0.1) is 0 Å². The fraction of sp³-hybridized carbons (Fsp3) is 0.600. The Kier molecular flexibility index (Phi) is 6.81. The molecule has 19 heavy (non-hydrogen) atoms. The van der Waals surface area contributed by atoms with E-state index >= 15 is 0 Å². The molecular weight excluding hydrogens is 245 g/mol. The molecular formula is C15H24FNO2. The van der Waals surface area contributed by atoms with E-state index in [1.165, 1.54) is 6.07 Å². The van der Waals surface area contributed by atoms with E-state index in [4.69, 9.17) is 4.74 Å². The number of aliphatic hydroxyl groups is 1. The fourth-order valence-corrected chi connectivity index (χ4v) is 1.93. The van der Waals surface area contributed by atoms with Crippen molar-refractivity contribution in [1.29, 1.82) is 0 Å². The van der Waals surface area contributed by atoms with Gasteiger partial charge in [0, 0.05) is 12.6 Å². The molecule has 3 nitrogen and oxygen atoms in total. The molecule has 0 bridgehead atoms. The summed E-state index contributed by atoms with van der Waals surface area (Å²) in [4.78, 5) is 0. The van der Waals surface area contributed by atoms with E-state index < -0.39 is 11.9 Å². The quantitative estimate of drug-likeness (QED) is 0.762. The lowest BCUT2D eigenvalue weighted by atomic mass is 10.1. The minimum Gasteiger partial charge on any atom is -0.488 e. The van der Waals surface area contributed by atoms with Crippen molar-refractivity contribution in [2.24, 2.45) is 5.92 Å². The summed E-state index contributed by atoms with van der Waals surface area (Å²) >= 11 is 0. The topological polar surface area (TPSA) is 41.5 Å². The van der Waals surface area contributed by atoms with E-state index in [9.17, 15) is 9.50 Å². The summed E-state index contributed by atoms with van der Waals surface area (Å²) in [6.45, 7) is 6.95. The molecule has 0 spiro atoms. The number of hydrogen-bond acceptors (Lipinski definition) is 3. The molecule has 0 saturated heterocycles. The van der Waals surface area contributed by atoms with E-state index in [-0.39, 0.29) is 12.4 Å². The van der Waals surface area contributed by atoms with Gasteiger partial charge < -0.3 is 15.2 Å². The van der Waals surface area contributed by atoms with Crippen molar-refractivity contribution in [1.82, 2.24) is 5.32 Å². The number of rotatable bonds is 8. The average Bonchev–Trinajstić information content (AvgIpc) is 2.34. The maximum absolute atomic E-state index is 13.3. The molecule has 2 N–H and O–H groups in total. The highest BCUT2D eigenvalue weighted by Gasteiger charge is 2.10. The lowest BCUT2D eigenvalue weighted by molar-refractivity contribution is 0.101. The predicted molar refractivity (Wildman–Crippen MR) is 74.8 cm³/mol. The molecule has 0 fully saturated rings. The molecule has 0 saturated carbocycles. The second-order valence-corrected chi connectivity index (χ2v) is 5.33. The molecule has 1 aromatic carbocycles. The highest BCUT2D eigenvalue weighted by molar-refractivity contribution is 5.23. The lowest BCUT2D eigenvalue weighted by Crippen LogP contribution is -2.37. The van der Waals surface area contributed by atoms with Crippen LogP contribution in [0.1, 0.15) is 27.2 Å². The van der Waals surface area contributed by atoms with E-state index in [0.29, 0.717) is 18.5 Å². The lowest BCUT2D eigenvalue weighted by Gasteiger charge is -2.19. The third-order valence-corrected chi connectivity index (χ3v) is 2.79. The summed E-state index contributed by atoms with van der Waals surface area (Å²) < 4.78 is 18.5. The molecule has 0 aromatic heterocycles. The van der Waals surface area contributed by atoms with Crippen LogP contribution in [0.25, 0.3) is 0 Å². The number of halogens is 1. The zero-order valence-electron chi connectivity index (χ0n) is 11.9. The third kappa shape index (κ3) is 6.55. The normalized spacial score (nSPS) is 14.4. The second kappa shape index (κ2) is 8.12. The van der Waals surface area contributed by atoms with Gasteiger partial charge in [-0.2, -0.15) is 0 Å². The van der Waals surface area contributed by atoms with E-state index in [1.54, 1.807) is 18.2 Å². The summed E-state index contributed by atoms with van der Waals surface area (Å²) in [5.41, 5.74) is 0. The maximum atomic E-state index is 13.3. The van der Waals surface area contributed by atoms with Gasteiger partial charge in [-0.1, -0.05) is 26.0 Å². The molecule has 0 aliphatic heterocycles. The third-order valence-electron chi connectivity index (χ3n) is 2.79. The maximum Gasteiger partial charge on any atom is 0.165 e. The summed E-state index contributed by atoms with van der Waals surface area (Å²) in [6.07, 6.45) is 0.412. The summed E-state index contributed by atoms with van der Waals surface area (Å²) in [7, 11) is 0. The molecule has 108 valence electrons. The van der Waals surface area contributed by atoms with Gasteiger partial charge in [-0.05, 0) is 31.4 Å².